The normalized spacial score (nSPS) is 47.4. The monoisotopic (exact) mass is 581 g/mol. The molecule has 3 rings (SSSR count). The van der Waals surface area contributed by atoms with Crippen molar-refractivity contribution in [2.45, 2.75) is 98.2 Å². The summed E-state index contributed by atoms with van der Waals surface area (Å²) in [6, 6.07) is -4.08. The molecule has 1 unspecified atom stereocenters. The zero-order valence-corrected chi connectivity index (χ0v) is 21.7. The van der Waals surface area contributed by atoms with E-state index < -0.39 is 110 Å². The van der Waals surface area contributed by atoms with Gasteiger partial charge in [0.05, 0.1) is 18.8 Å². The van der Waals surface area contributed by atoms with Gasteiger partial charge in [-0.25, -0.2) is 9.98 Å². The molecule has 0 aromatic carbocycles. The van der Waals surface area contributed by atoms with Crippen LogP contribution in [0.25, 0.3) is 0 Å². The average molecular weight is 582 g/mol. The number of nitrogens with zero attached hydrogens (tertiary/aromatic N) is 2. The highest BCUT2D eigenvalue weighted by atomic mass is 16.8. The van der Waals surface area contributed by atoms with Crippen LogP contribution >= 0.6 is 0 Å². The highest BCUT2D eigenvalue weighted by molar-refractivity contribution is 5.76. The second kappa shape index (κ2) is 12.7. The summed E-state index contributed by atoms with van der Waals surface area (Å²) < 4.78 is 22.9. The Morgan fingerprint density at radius 1 is 0.900 bits per heavy atom. The quantitative estimate of drug-likeness (QED) is 0.0682. The first-order chi connectivity index (χ1) is 18.7. The summed E-state index contributed by atoms with van der Waals surface area (Å²) in [7, 11) is 1.42. The van der Waals surface area contributed by atoms with Gasteiger partial charge in [-0.05, 0) is 14.0 Å². The molecule has 2 saturated heterocycles. The van der Waals surface area contributed by atoms with Gasteiger partial charge < -0.3 is 82.9 Å². The number of aldehydes is 1. The van der Waals surface area contributed by atoms with Crippen molar-refractivity contribution in [3.63, 3.8) is 0 Å². The molecule has 40 heavy (non-hydrogen) atoms. The van der Waals surface area contributed by atoms with E-state index >= 15 is 0 Å². The van der Waals surface area contributed by atoms with Crippen LogP contribution in [0.4, 0.5) is 0 Å². The lowest BCUT2D eigenvalue weighted by molar-refractivity contribution is -0.314. The van der Waals surface area contributed by atoms with Crippen molar-refractivity contribution in [1.29, 1.82) is 0 Å². The van der Waals surface area contributed by atoms with Gasteiger partial charge in [0.25, 0.3) is 0 Å². The Bertz CT molecular complexity index is 940. The summed E-state index contributed by atoms with van der Waals surface area (Å²) >= 11 is 0. The van der Waals surface area contributed by atoms with Gasteiger partial charge in [0.1, 0.15) is 60.9 Å². The number of carbonyl (C=O) groups is 1. The third-order valence-electron chi connectivity index (χ3n) is 7.34. The second-order valence-electron chi connectivity index (χ2n) is 9.89. The molecular weight excluding hydrogens is 542 g/mol. The maximum atomic E-state index is 12.1. The molecule has 0 amide bonds. The van der Waals surface area contributed by atoms with Crippen LogP contribution in [0.3, 0.4) is 0 Å². The Morgan fingerprint density at radius 2 is 1.50 bits per heavy atom. The van der Waals surface area contributed by atoms with Crippen molar-refractivity contribution >= 4 is 18.2 Å². The lowest BCUT2D eigenvalue weighted by Gasteiger charge is -2.45. The predicted molar refractivity (Wildman–Crippen MR) is 133 cm³/mol. The van der Waals surface area contributed by atoms with Crippen LogP contribution in [-0.4, -0.2) is 159 Å². The molecule has 0 spiro atoms. The van der Waals surface area contributed by atoms with Gasteiger partial charge in [-0.3, -0.25) is 4.79 Å². The van der Waals surface area contributed by atoms with E-state index in [2.05, 4.69) is 15.3 Å². The molecule has 1 saturated carbocycles. The SMILES string of the molecule is CN[C@@H]1[C@H](O[C@H]2[C@H](OC3[C@@H](O)[C@H](O)[C@@H](N=C(N)N)[C@H](O)[C@H]3N=C(N)N)O[C@@H](C)[C@]2(O)C=O)O[C@@H](CO)[C@H](O)[C@H]1O. The molecule has 3 fully saturated rings. The molecule has 3 aliphatic rings. The van der Waals surface area contributed by atoms with Gasteiger partial charge in [0.2, 0.25) is 0 Å². The zero-order valence-electron chi connectivity index (χ0n) is 21.7. The minimum atomic E-state index is -2.38. The fraction of sp³-hybridized carbons (Fsp3) is 0.857. The number of nitrogens with one attached hydrogen (secondary N) is 1. The molecule has 1 aliphatic carbocycles. The highest BCUT2D eigenvalue weighted by Gasteiger charge is 2.60. The molecule has 0 bridgehead atoms. The third-order valence-corrected chi connectivity index (χ3v) is 7.34. The van der Waals surface area contributed by atoms with Gasteiger partial charge in [-0.15, -0.1) is 0 Å². The number of hydrogen-bond acceptors (Lipinski definition) is 15. The molecule has 0 radical (unpaired) electrons. The Hall–Kier alpha value is -2.27. The molecular formula is C21H39N7O12. The van der Waals surface area contributed by atoms with E-state index in [1.165, 1.54) is 14.0 Å². The second-order valence-corrected chi connectivity index (χ2v) is 9.89. The molecule has 2 heterocycles. The van der Waals surface area contributed by atoms with Crippen LogP contribution in [0.5, 0.6) is 0 Å². The van der Waals surface area contributed by atoms with Crippen LogP contribution in [0.15, 0.2) is 9.98 Å². The van der Waals surface area contributed by atoms with Crippen molar-refractivity contribution in [2.24, 2.45) is 32.9 Å². The first-order valence-electron chi connectivity index (χ1n) is 12.4. The summed E-state index contributed by atoms with van der Waals surface area (Å²) in [4.78, 5) is 19.7. The number of aliphatic imine (C=N–C) groups is 2. The largest absolute Gasteiger partial charge is 0.394 e. The molecule has 0 aromatic rings. The number of nitrogens with two attached hydrogens (primary N) is 4. The van der Waals surface area contributed by atoms with E-state index in [4.69, 9.17) is 41.9 Å². The van der Waals surface area contributed by atoms with Gasteiger partial charge in [-0.1, -0.05) is 0 Å². The fourth-order valence-electron chi connectivity index (χ4n) is 5.08. The molecule has 16 N–H and O–H groups in total. The van der Waals surface area contributed by atoms with Crippen molar-refractivity contribution in [3.8, 4) is 0 Å². The van der Waals surface area contributed by atoms with E-state index in [9.17, 15) is 40.5 Å². The van der Waals surface area contributed by atoms with E-state index in [1.54, 1.807) is 0 Å². The summed E-state index contributed by atoms with van der Waals surface area (Å²) in [6.45, 7) is 0.620. The predicted octanol–water partition coefficient (Wildman–Crippen LogP) is -8.16. The number of likely N-dealkylation sites (N-methyl/N-ethyl adjacent to an activating group) is 1. The summed E-state index contributed by atoms with van der Waals surface area (Å²) in [5.41, 5.74) is 19.4. The fourth-order valence-corrected chi connectivity index (χ4v) is 5.08. The van der Waals surface area contributed by atoms with Crippen LogP contribution < -0.4 is 28.3 Å². The third kappa shape index (κ3) is 6.00. The molecule has 15 atom stereocenters. The molecule has 2 aliphatic heterocycles. The smallest absolute Gasteiger partial charge is 0.188 e. The van der Waals surface area contributed by atoms with Crippen molar-refractivity contribution < 1.29 is 59.5 Å². The molecule has 19 heteroatoms. The molecule has 19 nitrogen and oxygen atoms in total. The lowest BCUT2D eigenvalue weighted by atomic mass is 9.81. The minimum Gasteiger partial charge on any atom is -0.394 e. The van der Waals surface area contributed by atoms with Crippen molar-refractivity contribution in [1.82, 2.24) is 5.32 Å². The van der Waals surface area contributed by atoms with Crippen LogP contribution in [0.1, 0.15) is 6.92 Å². The number of carbonyl (C=O) groups excluding carboxylic acids is 1. The number of rotatable bonds is 9. The van der Waals surface area contributed by atoms with Crippen LogP contribution in [0, 0.1) is 0 Å². The number of ether oxygens (including phenoxy) is 4. The Kier molecular flexibility index (Phi) is 10.2. The van der Waals surface area contributed by atoms with Gasteiger partial charge in [-0.2, -0.15) is 0 Å². The minimum absolute atomic E-state index is 0.140. The Balaban J connectivity index is 1.96. The summed E-state index contributed by atoms with van der Waals surface area (Å²) in [5, 5.41) is 76.6. The maximum Gasteiger partial charge on any atom is 0.188 e. The van der Waals surface area contributed by atoms with Gasteiger partial charge in [0.15, 0.2) is 36.4 Å². The number of guanidine groups is 2. The Labute approximate surface area is 228 Å². The van der Waals surface area contributed by atoms with Crippen LogP contribution in [-0.2, 0) is 23.7 Å². The van der Waals surface area contributed by atoms with E-state index in [0.717, 1.165) is 0 Å². The summed E-state index contributed by atoms with van der Waals surface area (Å²) in [6.07, 6.45) is -17.3. The lowest BCUT2D eigenvalue weighted by Crippen LogP contribution is -2.66. The average Bonchev–Trinajstić information content (AvgIpc) is 3.13. The van der Waals surface area contributed by atoms with Gasteiger partial charge in [0, 0.05) is 0 Å². The van der Waals surface area contributed by atoms with Crippen LogP contribution in [0.2, 0.25) is 0 Å². The zero-order chi connectivity index (χ0) is 30.1. The van der Waals surface area contributed by atoms with E-state index in [1.807, 2.05) is 0 Å². The highest BCUT2D eigenvalue weighted by Crippen LogP contribution is 2.38. The van der Waals surface area contributed by atoms with Gasteiger partial charge >= 0.3 is 0 Å². The maximum absolute atomic E-state index is 12.1. The first kappa shape index (κ1) is 32.2. The van der Waals surface area contributed by atoms with Crippen molar-refractivity contribution in [3.05, 3.63) is 0 Å². The molecule has 0 aromatic heterocycles. The topological polar surface area (TPSA) is 336 Å². The molecule has 230 valence electrons. The number of hydrogen-bond donors (Lipinski definition) is 12. The standard InChI is InChI=1S/C21H39N7O12/c1-5-21(36,4-30)16(40-17-9(26-2)13(34)10(31)6(3-29)38-17)18(37-5)39-15-8(28-20(24)25)11(32)7(27-19(22)23)12(33)14(15)35/h4-18,26,29,31-36H,3H2,1-2H3,(H4,22,23,27)(H4,24,25,28)/t5-,6-,7-,8+,9-,10-,11-,12+,13-,14-,15?,16-,17-,18-,21+/m0/s1. The number of aliphatic hydroxyl groups is 7. The Morgan fingerprint density at radius 3 is 2.02 bits per heavy atom. The van der Waals surface area contributed by atoms with E-state index in [0.29, 0.717) is 0 Å². The summed E-state index contributed by atoms with van der Waals surface area (Å²) in [5.74, 6) is -1.03. The first-order valence-corrected chi connectivity index (χ1v) is 12.4. The van der Waals surface area contributed by atoms with Crippen molar-refractivity contribution in [2.75, 3.05) is 13.7 Å². The van der Waals surface area contributed by atoms with E-state index in [-0.39, 0.29) is 6.29 Å². The number of aliphatic hydroxyl groups excluding tert-OH is 6.